The van der Waals surface area contributed by atoms with Crippen LogP contribution in [0.3, 0.4) is 0 Å². The Morgan fingerprint density at radius 3 is 2.42 bits per heavy atom. The van der Waals surface area contributed by atoms with Crippen molar-refractivity contribution in [1.29, 1.82) is 0 Å². The van der Waals surface area contributed by atoms with Crippen molar-refractivity contribution in [3.8, 4) is 0 Å². The number of anilines is 2. The van der Waals surface area contributed by atoms with Gasteiger partial charge < -0.3 is 4.90 Å². The molecule has 3 rings (SSSR count). The predicted molar refractivity (Wildman–Crippen MR) is 98.0 cm³/mol. The lowest BCUT2D eigenvalue weighted by Gasteiger charge is -2.16. The molecule has 0 bridgehead atoms. The van der Waals surface area contributed by atoms with Gasteiger partial charge in [-0.15, -0.1) is 0 Å². The molecule has 2 aromatic rings. The number of thioether (sulfide) groups is 1. The fourth-order valence-corrected chi connectivity index (χ4v) is 3.89. The highest BCUT2D eigenvalue weighted by molar-refractivity contribution is 9.10. The molecule has 0 unspecified atom stereocenters. The first-order valence-electron chi connectivity index (χ1n) is 7.31. The zero-order valence-electron chi connectivity index (χ0n) is 12.9. The van der Waals surface area contributed by atoms with E-state index in [2.05, 4.69) is 35.6 Å². The van der Waals surface area contributed by atoms with Gasteiger partial charge in [0.15, 0.2) is 5.16 Å². The van der Waals surface area contributed by atoms with E-state index in [-0.39, 0.29) is 10.8 Å². The van der Waals surface area contributed by atoms with Crippen molar-refractivity contribution in [2.24, 2.45) is 0 Å². The van der Waals surface area contributed by atoms with Crippen molar-refractivity contribution in [3.05, 3.63) is 28.7 Å². The molecule has 1 aromatic carbocycles. The van der Waals surface area contributed by atoms with E-state index >= 15 is 0 Å². The summed E-state index contributed by atoms with van der Waals surface area (Å²) in [6, 6.07) is 6.38. The molecular formula is C14H16BrN5O2S2. The summed E-state index contributed by atoms with van der Waals surface area (Å²) in [5.74, 6) is 0.555. The fraction of sp³-hybridized carbons (Fsp3) is 0.357. The summed E-state index contributed by atoms with van der Waals surface area (Å²) in [7, 11) is -3.75. The third-order valence-corrected chi connectivity index (χ3v) is 5.94. The van der Waals surface area contributed by atoms with Crippen LogP contribution in [0.15, 0.2) is 38.8 Å². The summed E-state index contributed by atoms with van der Waals surface area (Å²) in [5, 5.41) is 0.486. The van der Waals surface area contributed by atoms with E-state index < -0.39 is 10.0 Å². The van der Waals surface area contributed by atoms with Gasteiger partial charge in [-0.2, -0.15) is 15.0 Å². The fourth-order valence-electron chi connectivity index (χ4n) is 2.33. The van der Waals surface area contributed by atoms with E-state index in [9.17, 15) is 8.42 Å². The first kappa shape index (κ1) is 17.4. The van der Waals surface area contributed by atoms with Gasteiger partial charge in [0.25, 0.3) is 10.0 Å². The molecule has 24 heavy (non-hydrogen) atoms. The largest absolute Gasteiger partial charge is 0.341 e. The van der Waals surface area contributed by atoms with Crippen LogP contribution in [0.2, 0.25) is 0 Å². The molecule has 0 radical (unpaired) electrons. The van der Waals surface area contributed by atoms with Gasteiger partial charge in [-0.25, -0.2) is 13.1 Å². The van der Waals surface area contributed by atoms with Gasteiger partial charge in [0, 0.05) is 17.6 Å². The second-order valence-corrected chi connectivity index (χ2v) is 8.57. The lowest BCUT2D eigenvalue weighted by atomic mass is 10.4. The summed E-state index contributed by atoms with van der Waals surface area (Å²) in [4.78, 5) is 15.0. The normalized spacial score (nSPS) is 14.8. The number of nitrogens with zero attached hydrogens (tertiary/aromatic N) is 4. The zero-order chi connectivity index (χ0) is 17.2. The molecule has 0 spiro atoms. The summed E-state index contributed by atoms with van der Waals surface area (Å²) >= 11 is 4.64. The molecule has 7 nitrogen and oxygen atoms in total. The Kier molecular flexibility index (Phi) is 5.26. The van der Waals surface area contributed by atoms with Gasteiger partial charge in [0.1, 0.15) is 0 Å². The van der Waals surface area contributed by atoms with Gasteiger partial charge >= 0.3 is 0 Å². The van der Waals surface area contributed by atoms with Crippen molar-refractivity contribution >= 4 is 49.6 Å². The minimum absolute atomic E-state index is 0.0409. The Balaban J connectivity index is 1.90. The maximum atomic E-state index is 12.5. The third-order valence-electron chi connectivity index (χ3n) is 3.52. The number of benzene rings is 1. The summed E-state index contributed by atoms with van der Waals surface area (Å²) in [6.45, 7) is 1.74. The molecule has 0 aliphatic carbocycles. The highest BCUT2D eigenvalue weighted by Gasteiger charge is 2.20. The van der Waals surface area contributed by atoms with Gasteiger partial charge in [-0.3, -0.25) is 0 Å². The van der Waals surface area contributed by atoms with E-state index in [1.165, 1.54) is 23.9 Å². The van der Waals surface area contributed by atoms with Gasteiger partial charge in [0.2, 0.25) is 11.9 Å². The molecule has 1 N–H and O–H groups in total. The molecule has 1 saturated heterocycles. The lowest BCUT2D eigenvalue weighted by Crippen LogP contribution is -2.23. The van der Waals surface area contributed by atoms with E-state index in [0.717, 1.165) is 30.4 Å². The Bertz CT molecular complexity index is 824. The average Bonchev–Trinajstić information content (AvgIpc) is 3.09. The second-order valence-electron chi connectivity index (χ2n) is 5.20. The van der Waals surface area contributed by atoms with Crippen LogP contribution < -0.4 is 9.62 Å². The van der Waals surface area contributed by atoms with Crippen molar-refractivity contribution in [2.45, 2.75) is 22.9 Å². The van der Waals surface area contributed by atoms with Gasteiger partial charge in [-0.05, 0) is 43.4 Å². The number of hydrogen-bond acceptors (Lipinski definition) is 7. The molecule has 0 atom stereocenters. The minimum atomic E-state index is -3.75. The standard InChI is InChI=1S/C14H16BrN5O2S2/c1-23-14-17-12(16-13(18-14)20-8-2-3-9-20)19-24(21,22)11-6-4-10(15)5-7-11/h4-7H,2-3,8-9H2,1H3,(H,16,17,18,19). The molecule has 0 amide bonds. The molecule has 1 fully saturated rings. The van der Waals surface area contributed by atoms with Crippen LogP contribution in [0.1, 0.15) is 12.8 Å². The highest BCUT2D eigenvalue weighted by Crippen LogP contribution is 2.22. The number of aromatic nitrogens is 3. The monoisotopic (exact) mass is 429 g/mol. The van der Waals surface area contributed by atoms with Crippen LogP contribution in [0.5, 0.6) is 0 Å². The van der Waals surface area contributed by atoms with Crippen LogP contribution in [-0.4, -0.2) is 42.7 Å². The molecule has 0 saturated carbocycles. The number of nitrogens with one attached hydrogen (secondary N) is 1. The van der Waals surface area contributed by atoms with Crippen molar-refractivity contribution in [2.75, 3.05) is 29.0 Å². The Morgan fingerprint density at radius 1 is 1.12 bits per heavy atom. The van der Waals surface area contributed by atoms with E-state index in [4.69, 9.17) is 0 Å². The van der Waals surface area contributed by atoms with Crippen molar-refractivity contribution < 1.29 is 8.42 Å². The molecule has 1 aromatic heterocycles. The van der Waals surface area contributed by atoms with Crippen LogP contribution in [0.4, 0.5) is 11.9 Å². The topological polar surface area (TPSA) is 88.1 Å². The molecular weight excluding hydrogens is 414 g/mol. The Labute approximate surface area is 153 Å². The van der Waals surface area contributed by atoms with Crippen molar-refractivity contribution in [3.63, 3.8) is 0 Å². The summed E-state index contributed by atoms with van der Waals surface area (Å²) in [6.07, 6.45) is 4.01. The summed E-state index contributed by atoms with van der Waals surface area (Å²) < 4.78 is 28.3. The van der Waals surface area contributed by atoms with Crippen LogP contribution in [0, 0.1) is 0 Å². The summed E-state index contributed by atoms with van der Waals surface area (Å²) in [5.41, 5.74) is 0. The SMILES string of the molecule is CSc1nc(NS(=O)(=O)c2ccc(Br)cc2)nc(N2CCCC2)n1. The first-order valence-corrected chi connectivity index (χ1v) is 10.8. The van der Waals surface area contributed by atoms with Gasteiger partial charge in [0.05, 0.1) is 4.90 Å². The molecule has 2 heterocycles. The molecule has 1 aliphatic heterocycles. The molecule has 10 heteroatoms. The zero-order valence-corrected chi connectivity index (χ0v) is 16.2. The maximum absolute atomic E-state index is 12.5. The van der Waals surface area contributed by atoms with E-state index in [0.29, 0.717) is 11.1 Å². The number of sulfonamides is 1. The third kappa shape index (κ3) is 3.98. The highest BCUT2D eigenvalue weighted by atomic mass is 79.9. The first-order chi connectivity index (χ1) is 11.5. The Morgan fingerprint density at radius 2 is 1.79 bits per heavy atom. The van der Waals surface area contributed by atoms with E-state index in [1.54, 1.807) is 12.1 Å². The number of rotatable bonds is 5. The predicted octanol–water partition coefficient (Wildman–Crippen LogP) is 2.76. The van der Waals surface area contributed by atoms with E-state index in [1.807, 2.05) is 11.2 Å². The smallest absolute Gasteiger partial charge is 0.264 e. The molecule has 128 valence electrons. The Hall–Kier alpha value is -1.39. The average molecular weight is 430 g/mol. The van der Waals surface area contributed by atoms with Crippen LogP contribution in [-0.2, 0) is 10.0 Å². The van der Waals surface area contributed by atoms with Crippen molar-refractivity contribution in [1.82, 2.24) is 15.0 Å². The minimum Gasteiger partial charge on any atom is -0.341 e. The lowest BCUT2D eigenvalue weighted by molar-refractivity contribution is 0.600. The second kappa shape index (κ2) is 7.24. The van der Waals surface area contributed by atoms with Crippen LogP contribution in [0.25, 0.3) is 0 Å². The number of halogens is 1. The number of hydrogen-bond donors (Lipinski definition) is 1. The van der Waals surface area contributed by atoms with Crippen LogP contribution >= 0.6 is 27.7 Å². The quantitative estimate of drug-likeness (QED) is 0.730. The molecule has 1 aliphatic rings. The van der Waals surface area contributed by atoms with Gasteiger partial charge in [-0.1, -0.05) is 27.7 Å². The maximum Gasteiger partial charge on any atom is 0.264 e.